The zero-order chi connectivity index (χ0) is 11.7. The molecule has 2 rings (SSSR count). The van der Waals surface area contributed by atoms with Gasteiger partial charge in [0.2, 0.25) is 0 Å². The minimum atomic E-state index is -0.522. The van der Waals surface area contributed by atoms with E-state index in [0.29, 0.717) is 12.0 Å². The van der Waals surface area contributed by atoms with Gasteiger partial charge in [-0.2, -0.15) is 0 Å². The molecular formula is C13H17F2N. The van der Waals surface area contributed by atoms with Gasteiger partial charge >= 0.3 is 0 Å². The SMILES string of the molecule is Cc1ccc(F)c(C(N)CCC2CC2)c1F. The van der Waals surface area contributed by atoms with E-state index < -0.39 is 17.7 Å². The first-order valence-electron chi connectivity index (χ1n) is 5.79. The van der Waals surface area contributed by atoms with Gasteiger partial charge in [-0.05, 0) is 37.3 Å². The summed E-state index contributed by atoms with van der Waals surface area (Å²) in [5, 5.41) is 0. The summed E-state index contributed by atoms with van der Waals surface area (Å²) in [5.41, 5.74) is 6.37. The molecule has 1 fully saturated rings. The molecule has 88 valence electrons. The van der Waals surface area contributed by atoms with Gasteiger partial charge in [0.15, 0.2) is 0 Å². The van der Waals surface area contributed by atoms with Crippen LogP contribution in [0.15, 0.2) is 12.1 Å². The first-order valence-corrected chi connectivity index (χ1v) is 5.79. The highest BCUT2D eigenvalue weighted by molar-refractivity contribution is 5.29. The van der Waals surface area contributed by atoms with Gasteiger partial charge in [-0.1, -0.05) is 18.9 Å². The van der Waals surface area contributed by atoms with Crippen molar-refractivity contribution < 1.29 is 8.78 Å². The third-order valence-electron chi connectivity index (χ3n) is 3.27. The van der Waals surface area contributed by atoms with E-state index in [0.717, 1.165) is 12.3 Å². The molecule has 0 bridgehead atoms. The molecule has 2 N–H and O–H groups in total. The molecule has 3 heteroatoms. The lowest BCUT2D eigenvalue weighted by molar-refractivity contribution is 0.492. The van der Waals surface area contributed by atoms with Gasteiger partial charge in [-0.15, -0.1) is 0 Å². The van der Waals surface area contributed by atoms with Crippen LogP contribution in [0.1, 0.15) is 42.9 Å². The van der Waals surface area contributed by atoms with Crippen LogP contribution in [-0.2, 0) is 0 Å². The molecule has 0 radical (unpaired) electrons. The second kappa shape index (κ2) is 4.50. The van der Waals surface area contributed by atoms with Gasteiger partial charge in [0.1, 0.15) is 11.6 Å². The van der Waals surface area contributed by atoms with Crippen molar-refractivity contribution in [3.05, 3.63) is 34.9 Å². The Bertz CT molecular complexity index is 386. The molecule has 1 nitrogen and oxygen atoms in total. The van der Waals surface area contributed by atoms with Gasteiger partial charge in [0.25, 0.3) is 0 Å². The Morgan fingerprint density at radius 1 is 1.38 bits per heavy atom. The molecular weight excluding hydrogens is 208 g/mol. The fourth-order valence-electron chi connectivity index (χ4n) is 1.98. The van der Waals surface area contributed by atoms with Crippen LogP contribution in [-0.4, -0.2) is 0 Å². The van der Waals surface area contributed by atoms with E-state index in [1.54, 1.807) is 6.92 Å². The number of benzene rings is 1. The van der Waals surface area contributed by atoms with Crippen LogP contribution >= 0.6 is 0 Å². The summed E-state index contributed by atoms with van der Waals surface area (Å²) in [7, 11) is 0. The van der Waals surface area contributed by atoms with E-state index in [-0.39, 0.29) is 5.56 Å². The molecule has 0 heterocycles. The topological polar surface area (TPSA) is 26.0 Å². The van der Waals surface area contributed by atoms with Gasteiger partial charge in [0, 0.05) is 11.6 Å². The average Bonchev–Trinajstić information content (AvgIpc) is 3.05. The van der Waals surface area contributed by atoms with Crippen LogP contribution in [0.3, 0.4) is 0 Å². The van der Waals surface area contributed by atoms with Gasteiger partial charge in [-0.25, -0.2) is 8.78 Å². The van der Waals surface area contributed by atoms with Crippen LogP contribution in [0.25, 0.3) is 0 Å². The molecule has 0 amide bonds. The standard InChI is InChI=1S/C13H17F2N/c1-8-2-6-10(14)12(13(8)15)11(16)7-5-9-3-4-9/h2,6,9,11H,3-5,7,16H2,1H3. The molecule has 1 unspecified atom stereocenters. The average molecular weight is 225 g/mol. The Morgan fingerprint density at radius 2 is 2.06 bits per heavy atom. The highest BCUT2D eigenvalue weighted by atomic mass is 19.1. The summed E-state index contributed by atoms with van der Waals surface area (Å²) in [6, 6.07) is 2.23. The fraction of sp³-hybridized carbons (Fsp3) is 0.538. The number of rotatable bonds is 4. The van der Waals surface area contributed by atoms with Gasteiger partial charge in [-0.3, -0.25) is 0 Å². The van der Waals surface area contributed by atoms with Crippen molar-refractivity contribution in [2.75, 3.05) is 0 Å². The van der Waals surface area contributed by atoms with Crippen molar-refractivity contribution in [1.29, 1.82) is 0 Å². The van der Waals surface area contributed by atoms with Crippen LogP contribution in [0.5, 0.6) is 0 Å². The third kappa shape index (κ3) is 2.40. The molecule has 1 aliphatic rings. The first-order chi connectivity index (χ1) is 7.59. The number of hydrogen-bond acceptors (Lipinski definition) is 1. The van der Waals surface area contributed by atoms with E-state index in [2.05, 4.69) is 0 Å². The molecule has 1 saturated carbocycles. The summed E-state index contributed by atoms with van der Waals surface area (Å²) in [5.74, 6) is -0.267. The first kappa shape index (κ1) is 11.5. The molecule has 0 aliphatic heterocycles. The summed E-state index contributed by atoms with van der Waals surface area (Å²) < 4.78 is 27.2. The Kier molecular flexibility index (Phi) is 3.24. The minimum absolute atomic E-state index is 0.0562. The lowest BCUT2D eigenvalue weighted by Gasteiger charge is -2.14. The summed E-state index contributed by atoms with van der Waals surface area (Å²) >= 11 is 0. The smallest absolute Gasteiger partial charge is 0.133 e. The van der Waals surface area contributed by atoms with Crippen LogP contribution in [0.2, 0.25) is 0 Å². The maximum absolute atomic E-state index is 13.7. The minimum Gasteiger partial charge on any atom is -0.324 e. The summed E-state index contributed by atoms with van der Waals surface area (Å²) in [6.07, 6.45) is 4.13. The normalized spacial score (nSPS) is 17.5. The van der Waals surface area contributed by atoms with Crippen molar-refractivity contribution in [2.24, 2.45) is 11.7 Å². The van der Waals surface area contributed by atoms with E-state index in [1.165, 1.54) is 25.0 Å². The van der Waals surface area contributed by atoms with Crippen molar-refractivity contribution >= 4 is 0 Å². The maximum Gasteiger partial charge on any atom is 0.133 e. The number of nitrogens with two attached hydrogens (primary N) is 1. The Balaban J connectivity index is 2.13. The lowest BCUT2D eigenvalue weighted by atomic mass is 9.98. The second-order valence-electron chi connectivity index (χ2n) is 4.72. The van der Waals surface area contributed by atoms with E-state index >= 15 is 0 Å². The molecule has 0 aromatic heterocycles. The molecule has 1 aromatic rings. The van der Waals surface area contributed by atoms with Crippen molar-refractivity contribution in [1.82, 2.24) is 0 Å². The quantitative estimate of drug-likeness (QED) is 0.834. The van der Waals surface area contributed by atoms with Gasteiger partial charge in [0.05, 0.1) is 0 Å². The Labute approximate surface area is 94.7 Å². The maximum atomic E-state index is 13.7. The molecule has 1 aromatic carbocycles. The fourth-order valence-corrected chi connectivity index (χ4v) is 1.98. The molecule has 0 saturated heterocycles. The second-order valence-corrected chi connectivity index (χ2v) is 4.72. The molecule has 16 heavy (non-hydrogen) atoms. The number of hydrogen-bond donors (Lipinski definition) is 1. The van der Waals surface area contributed by atoms with E-state index in [1.807, 2.05) is 0 Å². The number of halogens is 2. The zero-order valence-corrected chi connectivity index (χ0v) is 9.47. The summed E-state index contributed by atoms with van der Waals surface area (Å²) in [6.45, 7) is 1.63. The zero-order valence-electron chi connectivity index (χ0n) is 9.47. The van der Waals surface area contributed by atoms with Crippen molar-refractivity contribution in [3.8, 4) is 0 Å². The van der Waals surface area contributed by atoms with Crippen molar-refractivity contribution in [3.63, 3.8) is 0 Å². The van der Waals surface area contributed by atoms with Gasteiger partial charge < -0.3 is 5.73 Å². The predicted molar refractivity (Wildman–Crippen MR) is 60.0 cm³/mol. The van der Waals surface area contributed by atoms with E-state index in [4.69, 9.17) is 5.73 Å². The van der Waals surface area contributed by atoms with Crippen LogP contribution in [0.4, 0.5) is 8.78 Å². The molecule has 1 aliphatic carbocycles. The Hall–Kier alpha value is -0.960. The molecule has 0 spiro atoms. The largest absolute Gasteiger partial charge is 0.324 e. The lowest BCUT2D eigenvalue weighted by Crippen LogP contribution is -2.15. The van der Waals surface area contributed by atoms with Crippen LogP contribution < -0.4 is 5.73 Å². The van der Waals surface area contributed by atoms with E-state index in [9.17, 15) is 8.78 Å². The third-order valence-corrected chi connectivity index (χ3v) is 3.27. The molecule has 1 atom stereocenters. The Morgan fingerprint density at radius 3 is 2.69 bits per heavy atom. The monoisotopic (exact) mass is 225 g/mol. The summed E-state index contributed by atoms with van der Waals surface area (Å²) in [4.78, 5) is 0. The predicted octanol–water partition coefficient (Wildman–Crippen LogP) is 3.46. The number of aryl methyl sites for hydroxylation is 1. The van der Waals surface area contributed by atoms with Crippen LogP contribution in [0, 0.1) is 24.5 Å². The van der Waals surface area contributed by atoms with Crippen molar-refractivity contribution in [2.45, 2.75) is 38.6 Å². The highest BCUT2D eigenvalue weighted by Crippen LogP contribution is 2.36. The highest BCUT2D eigenvalue weighted by Gasteiger charge is 2.24.